The first kappa shape index (κ1) is 13.8. The molecule has 2 aromatic heterocycles. The van der Waals surface area contributed by atoms with Gasteiger partial charge in [0, 0.05) is 24.0 Å². The van der Waals surface area contributed by atoms with E-state index in [1.807, 2.05) is 12.1 Å². The second-order valence-electron chi connectivity index (χ2n) is 4.26. The Hall–Kier alpha value is -2.18. The summed E-state index contributed by atoms with van der Waals surface area (Å²) in [7, 11) is 1.79. The highest BCUT2D eigenvalue weighted by Crippen LogP contribution is 2.28. The first-order chi connectivity index (χ1) is 10.2. The number of nitrogens with one attached hydrogen (secondary N) is 2. The Morgan fingerprint density at radius 1 is 1.29 bits per heavy atom. The maximum absolute atomic E-state index is 12.2. The van der Waals surface area contributed by atoms with E-state index >= 15 is 0 Å². The summed E-state index contributed by atoms with van der Waals surface area (Å²) in [5.74, 6) is -0.294. The highest BCUT2D eigenvalue weighted by atomic mass is 35.5. The summed E-state index contributed by atoms with van der Waals surface area (Å²) < 4.78 is 0.926. The van der Waals surface area contributed by atoms with E-state index in [1.165, 1.54) is 11.3 Å². The van der Waals surface area contributed by atoms with Crippen LogP contribution in [0.5, 0.6) is 0 Å². The number of benzene rings is 1. The van der Waals surface area contributed by atoms with Gasteiger partial charge in [-0.2, -0.15) is 0 Å². The molecule has 0 saturated carbocycles. The van der Waals surface area contributed by atoms with Crippen molar-refractivity contribution in [2.24, 2.45) is 0 Å². The molecule has 3 rings (SSSR count). The van der Waals surface area contributed by atoms with Crippen molar-refractivity contribution in [3.63, 3.8) is 0 Å². The highest BCUT2D eigenvalue weighted by molar-refractivity contribution is 7.22. The van der Waals surface area contributed by atoms with E-state index in [0.29, 0.717) is 15.8 Å². The third-order valence-corrected chi connectivity index (χ3v) is 4.02. The predicted molar refractivity (Wildman–Crippen MR) is 86.4 cm³/mol. The quantitative estimate of drug-likeness (QED) is 0.773. The number of carbonyl (C=O) groups is 1. The molecule has 2 N–H and O–H groups in total. The van der Waals surface area contributed by atoms with Crippen LogP contribution in [-0.2, 0) is 0 Å². The van der Waals surface area contributed by atoms with Gasteiger partial charge in [-0.1, -0.05) is 22.9 Å². The SMILES string of the molecule is CNc1ccnc(C(=O)Nc2nc3ccc(Cl)cc3s2)c1. The zero-order valence-electron chi connectivity index (χ0n) is 11.1. The lowest BCUT2D eigenvalue weighted by Gasteiger charge is -2.03. The molecular weight excluding hydrogens is 308 g/mol. The van der Waals surface area contributed by atoms with Crippen LogP contribution in [0, 0.1) is 0 Å². The summed E-state index contributed by atoms with van der Waals surface area (Å²) >= 11 is 7.31. The third-order valence-electron chi connectivity index (χ3n) is 2.85. The molecule has 0 aliphatic rings. The van der Waals surface area contributed by atoms with E-state index in [2.05, 4.69) is 20.6 Å². The van der Waals surface area contributed by atoms with Crippen LogP contribution in [0.1, 0.15) is 10.5 Å². The lowest BCUT2D eigenvalue weighted by molar-refractivity contribution is 0.102. The van der Waals surface area contributed by atoms with Crippen LogP contribution in [0.15, 0.2) is 36.5 Å². The fraction of sp³-hybridized carbons (Fsp3) is 0.0714. The fourth-order valence-electron chi connectivity index (χ4n) is 1.82. The average Bonchev–Trinajstić information content (AvgIpc) is 2.88. The van der Waals surface area contributed by atoms with Gasteiger partial charge in [-0.15, -0.1) is 0 Å². The highest BCUT2D eigenvalue weighted by Gasteiger charge is 2.11. The van der Waals surface area contributed by atoms with E-state index in [4.69, 9.17) is 11.6 Å². The maximum Gasteiger partial charge on any atom is 0.276 e. The lowest BCUT2D eigenvalue weighted by atomic mass is 10.3. The Labute approximate surface area is 130 Å². The number of thiazole rings is 1. The number of nitrogens with zero attached hydrogens (tertiary/aromatic N) is 2. The van der Waals surface area contributed by atoms with Crippen LogP contribution in [0.2, 0.25) is 5.02 Å². The molecule has 7 heteroatoms. The molecule has 0 unspecified atom stereocenters. The maximum atomic E-state index is 12.2. The van der Waals surface area contributed by atoms with Gasteiger partial charge >= 0.3 is 0 Å². The van der Waals surface area contributed by atoms with Gasteiger partial charge in [0.25, 0.3) is 5.91 Å². The van der Waals surface area contributed by atoms with Crippen LogP contribution in [0.4, 0.5) is 10.8 Å². The van der Waals surface area contributed by atoms with Gasteiger partial charge in [-0.05, 0) is 30.3 Å². The van der Waals surface area contributed by atoms with Crippen molar-refractivity contribution in [3.05, 3.63) is 47.2 Å². The van der Waals surface area contributed by atoms with Crippen molar-refractivity contribution in [2.45, 2.75) is 0 Å². The molecule has 0 aliphatic heterocycles. The molecule has 5 nitrogen and oxygen atoms in total. The number of hydrogen-bond donors (Lipinski definition) is 2. The Bertz CT molecular complexity index is 818. The van der Waals surface area contributed by atoms with Crippen molar-refractivity contribution < 1.29 is 4.79 Å². The van der Waals surface area contributed by atoms with Crippen LogP contribution >= 0.6 is 22.9 Å². The van der Waals surface area contributed by atoms with Gasteiger partial charge in [-0.25, -0.2) is 4.98 Å². The molecule has 0 aliphatic carbocycles. The summed E-state index contributed by atoms with van der Waals surface area (Å²) in [6.45, 7) is 0. The van der Waals surface area contributed by atoms with Gasteiger partial charge < -0.3 is 5.32 Å². The number of hydrogen-bond acceptors (Lipinski definition) is 5. The molecule has 1 aromatic carbocycles. The first-order valence-corrected chi connectivity index (χ1v) is 7.36. The Kier molecular flexibility index (Phi) is 3.72. The monoisotopic (exact) mass is 318 g/mol. The van der Waals surface area contributed by atoms with Crippen LogP contribution < -0.4 is 10.6 Å². The second kappa shape index (κ2) is 5.67. The van der Waals surface area contributed by atoms with Crippen LogP contribution in [0.3, 0.4) is 0 Å². The lowest BCUT2D eigenvalue weighted by Crippen LogP contribution is -2.13. The number of rotatable bonds is 3. The number of amides is 1. The molecule has 2 heterocycles. The number of pyridine rings is 1. The number of carbonyl (C=O) groups excluding carboxylic acids is 1. The normalized spacial score (nSPS) is 10.6. The topological polar surface area (TPSA) is 66.9 Å². The molecule has 106 valence electrons. The van der Waals surface area contributed by atoms with E-state index in [9.17, 15) is 4.79 Å². The number of halogens is 1. The fourth-order valence-corrected chi connectivity index (χ4v) is 2.96. The van der Waals surface area contributed by atoms with Gasteiger partial charge in [0.1, 0.15) is 5.69 Å². The Balaban J connectivity index is 1.85. The predicted octanol–water partition coefficient (Wildman–Crippen LogP) is 3.64. The molecular formula is C14H11ClN4OS. The Morgan fingerprint density at radius 2 is 2.14 bits per heavy atom. The summed E-state index contributed by atoms with van der Waals surface area (Å²) in [4.78, 5) is 20.6. The summed E-state index contributed by atoms with van der Waals surface area (Å²) in [5, 5.41) is 6.89. The summed E-state index contributed by atoms with van der Waals surface area (Å²) in [6, 6.07) is 8.89. The van der Waals surface area contributed by atoms with Crippen molar-refractivity contribution >= 4 is 49.9 Å². The molecule has 0 bridgehead atoms. The smallest absolute Gasteiger partial charge is 0.276 e. The molecule has 3 aromatic rings. The van der Waals surface area contributed by atoms with Crippen molar-refractivity contribution in [2.75, 3.05) is 17.7 Å². The molecule has 0 spiro atoms. The van der Waals surface area contributed by atoms with Gasteiger partial charge in [0.15, 0.2) is 5.13 Å². The minimum absolute atomic E-state index is 0.294. The number of aromatic nitrogens is 2. The zero-order chi connectivity index (χ0) is 14.8. The number of anilines is 2. The minimum Gasteiger partial charge on any atom is -0.388 e. The van der Waals surface area contributed by atoms with Gasteiger partial charge in [0.05, 0.1) is 10.2 Å². The van der Waals surface area contributed by atoms with E-state index in [1.54, 1.807) is 31.4 Å². The average molecular weight is 319 g/mol. The zero-order valence-corrected chi connectivity index (χ0v) is 12.6. The van der Waals surface area contributed by atoms with Crippen molar-refractivity contribution in [1.29, 1.82) is 0 Å². The third kappa shape index (κ3) is 2.96. The first-order valence-electron chi connectivity index (χ1n) is 6.17. The van der Waals surface area contributed by atoms with Crippen molar-refractivity contribution in [3.8, 4) is 0 Å². The van der Waals surface area contributed by atoms with Crippen LogP contribution in [-0.4, -0.2) is 22.9 Å². The van der Waals surface area contributed by atoms with Crippen molar-refractivity contribution in [1.82, 2.24) is 9.97 Å². The van der Waals surface area contributed by atoms with Gasteiger partial charge in [-0.3, -0.25) is 15.1 Å². The standard InChI is InChI=1S/C14H11ClN4OS/c1-16-9-4-5-17-11(7-9)13(20)19-14-18-10-3-2-8(15)6-12(10)21-14/h2-7H,1H3,(H,16,17)(H,18,19,20). The summed E-state index contributed by atoms with van der Waals surface area (Å²) in [6.07, 6.45) is 1.58. The Morgan fingerprint density at radius 3 is 2.95 bits per heavy atom. The molecule has 21 heavy (non-hydrogen) atoms. The largest absolute Gasteiger partial charge is 0.388 e. The molecule has 0 fully saturated rings. The second-order valence-corrected chi connectivity index (χ2v) is 5.73. The van der Waals surface area contributed by atoms with Crippen LogP contribution in [0.25, 0.3) is 10.2 Å². The minimum atomic E-state index is -0.294. The molecule has 0 saturated heterocycles. The summed E-state index contributed by atoms with van der Waals surface area (Å²) in [5.41, 5.74) is 1.96. The molecule has 0 radical (unpaired) electrons. The van der Waals surface area contributed by atoms with E-state index < -0.39 is 0 Å². The molecule has 0 atom stereocenters. The van der Waals surface area contributed by atoms with Gasteiger partial charge in [0.2, 0.25) is 0 Å². The van der Waals surface area contributed by atoms with E-state index in [-0.39, 0.29) is 5.91 Å². The number of fused-ring (bicyclic) bond motifs is 1. The van der Waals surface area contributed by atoms with E-state index in [0.717, 1.165) is 15.9 Å². The molecule has 1 amide bonds.